The number of nitrogens with one attached hydrogen (secondary N) is 1. The summed E-state index contributed by atoms with van der Waals surface area (Å²) in [6.45, 7) is 6.62. The van der Waals surface area contributed by atoms with Crippen LogP contribution in [0.15, 0.2) is 12.4 Å². The van der Waals surface area contributed by atoms with Crippen molar-refractivity contribution in [1.29, 1.82) is 0 Å². The smallest absolute Gasteiger partial charge is 0.155 e. The van der Waals surface area contributed by atoms with Crippen LogP contribution in [0, 0.1) is 5.92 Å². The number of nitrogens with two attached hydrogens (primary N) is 1. The first kappa shape index (κ1) is 14.8. The van der Waals surface area contributed by atoms with Gasteiger partial charge in [0.15, 0.2) is 5.82 Å². The summed E-state index contributed by atoms with van der Waals surface area (Å²) < 4.78 is 0. The summed E-state index contributed by atoms with van der Waals surface area (Å²) in [6.07, 6.45) is 6.79. The van der Waals surface area contributed by atoms with Gasteiger partial charge in [0.2, 0.25) is 0 Å². The molecule has 1 unspecified atom stereocenters. The lowest BCUT2D eigenvalue weighted by atomic mass is 10.0. The molecule has 100 valence electrons. The van der Waals surface area contributed by atoms with Crippen molar-refractivity contribution in [3.05, 3.63) is 18.1 Å². The van der Waals surface area contributed by atoms with Crippen molar-refractivity contribution in [3.8, 4) is 0 Å². The van der Waals surface area contributed by atoms with Gasteiger partial charge in [0, 0.05) is 18.4 Å². The van der Waals surface area contributed by atoms with Gasteiger partial charge in [0.05, 0.1) is 0 Å². The first-order chi connectivity index (χ1) is 8.50. The molecule has 0 radical (unpaired) electrons. The van der Waals surface area contributed by atoms with E-state index in [-0.39, 0.29) is 4.99 Å². The summed E-state index contributed by atoms with van der Waals surface area (Å²) in [5.41, 5.74) is 6.19. The minimum atomic E-state index is 0.278. The van der Waals surface area contributed by atoms with Crippen LogP contribution >= 0.6 is 12.2 Å². The molecule has 1 aromatic heterocycles. The molecule has 1 atom stereocenters. The molecule has 0 saturated carbocycles. The highest BCUT2D eigenvalue weighted by Crippen LogP contribution is 2.14. The van der Waals surface area contributed by atoms with Gasteiger partial charge in [-0.05, 0) is 19.3 Å². The van der Waals surface area contributed by atoms with E-state index in [0.717, 1.165) is 12.3 Å². The molecule has 3 N–H and O–H groups in total. The second kappa shape index (κ2) is 7.26. The number of rotatable bonds is 7. The van der Waals surface area contributed by atoms with E-state index in [1.807, 2.05) is 0 Å². The summed E-state index contributed by atoms with van der Waals surface area (Å²) in [4.78, 5) is 8.67. The maximum Gasteiger partial charge on any atom is 0.155 e. The molecule has 0 aliphatic heterocycles. The molecule has 0 bridgehead atoms. The first-order valence-electron chi connectivity index (χ1n) is 6.38. The zero-order chi connectivity index (χ0) is 13.5. The van der Waals surface area contributed by atoms with E-state index >= 15 is 0 Å². The van der Waals surface area contributed by atoms with Gasteiger partial charge in [0.1, 0.15) is 10.7 Å². The van der Waals surface area contributed by atoms with Crippen LogP contribution < -0.4 is 11.1 Å². The maximum absolute atomic E-state index is 5.62. The molecular weight excluding hydrogens is 244 g/mol. The van der Waals surface area contributed by atoms with E-state index in [0.29, 0.717) is 17.6 Å². The van der Waals surface area contributed by atoms with Crippen molar-refractivity contribution in [2.45, 2.75) is 46.1 Å². The van der Waals surface area contributed by atoms with Crippen LogP contribution in [0.2, 0.25) is 0 Å². The standard InChI is InChI=1S/C13H22N4S/c1-9(2)5-4-6-10(3)17-13-11(12(14)18)15-7-8-16-13/h7-10H,4-6H2,1-3H3,(H2,14,18)(H,16,17). The fourth-order valence-corrected chi connectivity index (χ4v) is 1.91. The summed E-state index contributed by atoms with van der Waals surface area (Å²) in [6, 6.07) is 0.341. The molecular formula is C13H22N4S. The predicted octanol–water partition coefficient (Wildman–Crippen LogP) is 2.74. The highest BCUT2D eigenvalue weighted by molar-refractivity contribution is 7.80. The second-order valence-corrected chi connectivity index (χ2v) is 5.43. The summed E-state index contributed by atoms with van der Waals surface area (Å²) in [5, 5.41) is 3.32. The van der Waals surface area contributed by atoms with Crippen LogP contribution in [0.3, 0.4) is 0 Å². The number of hydrogen-bond acceptors (Lipinski definition) is 4. The van der Waals surface area contributed by atoms with E-state index < -0.39 is 0 Å². The van der Waals surface area contributed by atoms with Gasteiger partial charge in [-0.3, -0.25) is 0 Å². The topological polar surface area (TPSA) is 63.8 Å². The van der Waals surface area contributed by atoms with Gasteiger partial charge in [-0.25, -0.2) is 9.97 Å². The Kier molecular flexibility index (Phi) is 5.98. The van der Waals surface area contributed by atoms with E-state index in [2.05, 4.69) is 36.1 Å². The van der Waals surface area contributed by atoms with Crippen LogP contribution in [-0.2, 0) is 0 Å². The Hall–Kier alpha value is -1.23. The van der Waals surface area contributed by atoms with Crippen molar-refractivity contribution >= 4 is 23.0 Å². The lowest BCUT2D eigenvalue weighted by Gasteiger charge is -2.16. The van der Waals surface area contributed by atoms with Gasteiger partial charge in [-0.2, -0.15) is 0 Å². The third-order valence-electron chi connectivity index (χ3n) is 2.73. The maximum atomic E-state index is 5.62. The Morgan fingerprint density at radius 3 is 2.56 bits per heavy atom. The largest absolute Gasteiger partial charge is 0.388 e. The molecule has 1 rings (SSSR count). The van der Waals surface area contributed by atoms with Gasteiger partial charge in [0.25, 0.3) is 0 Å². The third-order valence-corrected chi connectivity index (χ3v) is 2.93. The van der Waals surface area contributed by atoms with Gasteiger partial charge >= 0.3 is 0 Å². The normalized spacial score (nSPS) is 12.4. The Morgan fingerprint density at radius 2 is 1.94 bits per heavy atom. The van der Waals surface area contributed by atoms with Crippen LogP contribution in [-0.4, -0.2) is 21.0 Å². The SMILES string of the molecule is CC(C)CCCC(C)Nc1nccnc1C(N)=S. The molecule has 1 heterocycles. The number of nitrogens with zero attached hydrogens (tertiary/aromatic N) is 2. The summed E-state index contributed by atoms with van der Waals surface area (Å²) in [5.74, 6) is 1.43. The zero-order valence-electron chi connectivity index (χ0n) is 11.3. The highest BCUT2D eigenvalue weighted by atomic mass is 32.1. The number of anilines is 1. The van der Waals surface area contributed by atoms with E-state index in [4.69, 9.17) is 18.0 Å². The minimum Gasteiger partial charge on any atom is -0.388 e. The average molecular weight is 266 g/mol. The Bertz CT molecular complexity index is 392. The lowest BCUT2D eigenvalue weighted by Crippen LogP contribution is -2.21. The quantitative estimate of drug-likeness (QED) is 0.743. The van der Waals surface area contributed by atoms with Gasteiger partial charge < -0.3 is 11.1 Å². The lowest BCUT2D eigenvalue weighted by molar-refractivity contribution is 0.520. The Balaban J connectivity index is 2.53. The molecule has 0 aromatic carbocycles. The summed E-state index contributed by atoms with van der Waals surface area (Å²) in [7, 11) is 0. The fraction of sp³-hybridized carbons (Fsp3) is 0.615. The Labute approximate surface area is 114 Å². The molecule has 4 nitrogen and oxygen atoms in total. The van der Waals surface area contributed by atoms with Crippen molar-refractivity contribution in [3.63, 3.8) is 0 Å². The Morgan fingerprint density at radius 1 is 1.28 bits per heavy atom. The molecule has 0 aliphatic carbocycles. The number of aromatic nitrogens is 2. The van der Waals surface area contributed by atoms with Crippen molar-refractivity contribution < 1.29 is 0 Å². The van der Waals surface area contributed by atoms with Crippen molar-refractivity contribution in [2.75, 3.05) is 5.32 Å². The molecule has 0 saturated heterocycles. The minimum absolute atomic E-state index is 0.278. The van der Waals surface area contributed by atoms with E-state index in [1.165, 1.54) is 12.8 Å². The molecule has 0 spiro atoms. The highest BCUT2D eigenvalue weighted by Gasteiger charge is 2.10. The monoisotopic (exact) mass is 266 g/mol. The molecule has 0 amide bonds. The van der Waals surface area contributed by atoms with Gasteiger partial charge in [-0.15, -0.1) is 0 Å². The molecule has 5 heteroatoms. The molecule has 1 aromatic rings. The van der Waals surface area contributed by atoms with Crippen LogP contribution in [0.1, 0.15) is 45.7 Å². The summed E-state index contributed by atoms with van der Waals surface area (Å²) >= 11 is 4.96. The van der Waals surface area contributed by atoms with Crippen molar-refractivity contribution in [2.24, 2.45) is 11.7 Å². The predicted molar refractivity (Wildman–Crippen MR) is 79.7 cm³/mol. The van der Waals surface area contributed by atoms with E-state index in [9.17, 15) is 0 Å². The second-order valence-electron chi connectivity index (χ2n) is 4.99. The average Bonchev–Trinajstić information content (AvgIpc) is 2.28. The van der Waals surface area contributed by atoms with Crippen molar-refractivity contribution in [1.82, 2.24) is 9.97 Å². The van der Waals surface area contributed by atoms with Crippen LogP contribution in [0.25, 0.3) is 0 Å². The molecule has 0 aliphatic rings. The molecule has 0 fully saturated rings. The molecule has 18 heavy (non-hydrogen) atoms. The van der Waals surface area contributed by atoms with Crippen LogP contribution in [0.4, 0.5) is 5.82 Å². The first-order valence-corrected chi connectivity index (χ1v) is 6.79. The number of hydrogen-bond donors (Lipinski definition) is 2. The van der Waals surface area contributed by atoms with E-state index in [1.54, 1.807) is 12.4 Å². The zero-order valence-corrected chi connectivity index (χ0v) is 12.1. The fourth-order valence-electron chi connectivity index (χ4n) is 1.76. The van der Waals surface area contributed by atoms with Crippen LogP contribution in [0.5, 0.6) is 0 Å². The number of thiocarbonyl (C=S) groups is 1. The van der Waals surface area contributed by atoms with Gasteiger partial charge in [-0.1, -0.05) is 38.9 Å². The third kappa shape index (κ3) is 4.96.